The number of ether oxygens (including phenoxy) is 1. The molecule has 36 heavy (non-hydrogen) atoms. The number of carbonyl (C=O) groups excluding carboxylic acids is 2. The van der Waals surface area contributed by atoms with Gasteiger partial charge in [-0.2, -0.15) is 0 Å². The molecule has 0 radical (unpaired) electrons. The molecule has 2 unspecified atom stereocenters. The van der Waals surface area contributed by atoms with Crippen LogP contribution in [0.1, 0.15) is 34.7 Å². The Morgan fingerprint density at radius 2 is 1.75 bits per heavy atom. The lowest BCUT2D eigenvalue weighted by Gasteiger charge is -2.36. The first-order valence-electron chi connectivity index (χ1n) is 11.3. The van der Waals surface area contributed by atoms with Crippen molar-refractivity contribution in [3.8, 4) is 5.75 Å². The fourth-order valence-electron chi connectivity index (χ4n) is 4.44. The minimum absolute atomic E-state index is 0.0844. The molecule has 0 aliphatic carbocycles. The number of fused-ring (bicyclic) bond motifs is 1. The van der Waals surface area contributed by atoms with Gasteiger partial charge in [0.2, 0.25) is 6.41 Å². The van der Waals surface area contributed by atoms with Gasteiger partial charge in [0.25, 0.3) is 11.6 Å². The Morgan fingerprint density at radius 3 is 2.39 bits per heavy atom. The number of carboxylic acids is 1. The number of carbonyl (C=O) groups is 3. The van der Waals surface area contributed by atoms with E-state index in [2.05, 4.69) is 5.32 Å². The molecule has 9 nitrogen and oxygen atoms in total. The zero-order valence-corrected chi connectivity index (χ0v) is 19.4. The van der Waals surface area contributed by atoms with Gasteiger partial charge in [0.1, 0.15) is 18.0 Å². The quantitative estimate of drug-likeness (QED) is 0.208. The second-order valence-electron chi connectivity index (χ2n) is 8.47. The van der Waals surface area contributed by atoms with Gasteiger partial charge >= 0.3 is 5.97 Å². The van der Waals surface area contributed by atoms with Gasteiger partial charge < -0.3 is 25.8 Å². The molecule has 0 bridgehead atoms. The van der Waals surface area contributed by atoms with Gasteiger partial charge in [-0.15, -0.1) is 0 Å². The molecule has 0 spiro atoms. The minimum atomic E-state index is -2.13. The second kappa shape index (κ2) is 10.3. The number of benzene rings is 3. The first kappa shape index (κ1) is 24.5. The fourth-order valence-corrected chi connectivity index (χ4v) is 4.44. The zero-order chi connectivity index (χ0) is 25.7. The Hall–Kier alpha value is -4.66. The van der Waals surface area contributed by atoms with Crippen molar-refractivity contribution in [3.63, 3.8) is 0 Å². The van der Waals surface area contributed by atoms with E-state index in [9.17, 15) is 19.5 Å². The van der Waals surface area contributed by atoms with Crippen molar-refractivity contribution in [2.24, 2.45) is 5.73 Å². The maximum atomic E-state index is 14.1. The van der Waals surface area contributed by atoms with Crippen molar-refractivity contribution in [2.45, 2.75) is 24.6 Å². The normalized spacial score (nSPS) is 18.9. The summed E-state index contributed by atoms with van der Waals surface area (Å²) in [5, 5.41) is 19.7. The number of nitrogens with zero attached hydrogens (tertiary/aromatic N) is 1. The van der Waals surface area contributed by atoms with E-state index < -0.39 is 30.1 Å². The van der Waals surface area contributed by atoms with Crippen molar-refractivity contribution in [1.82, 2.24) is 10.2 Å². The molecule has 0 fully saturated rings. The summed E-state index contributed by atoms with van der Waals surface area (Å²) in [6.45, 7) is 0.224. The molecule has 1 aliphatic heterocycles. The lowest BCUT2D eigenvalue weighted by atomic mass is 9.94. The number of aliphatic carboxylic acids is 1. The van der Waals surface area contributed by atoms with E-state index in [0.29, 0.717) is 17.5 Å². The molecular formula is C27H26N4O5. The molecule has 184 valence electrons. The lowest BCUT2D eigenvalue weighted by Crippen LogP contribution is -2.62. The van der Waals surface area contributed by atoms with Gasteiger partial charge in [-0.25, -0.2) is 0 Å². The second-order valence-corrected chi connectivity index (χ2v) is 8.47. The third-order valence-electron chi connectivity index (χ3n) is 6.13. The number of nitrogens with two attached hydrogens (primary N) is 1. The monoisotopic (exact) mass is 486 g/mol. The SMILES string of the molecule is N=C(N)c1ccc(C2c3ccccc3OC(CC(=O)O)(NC=O)C(=O)N2CCc2ccccc2)cc1. The maximum Gasteiger partial charge on any atom is 0.310 e. The Kier molecular flexibility index (Phi) is 7.00. The van der Waals surface area contributed by atoms with Crippen LogP contribution >= 0.6 is 0 Å². The lowest BCUT2D eigenvalue weighted by molar-refractivity contribution is -0.160. The van der Waals surface area contributed by atoms with Gasteiger partial charge in [-0.3, -0.25) is 19.8 Å². The number of carboxylic acid groups (broad SMARTS) is 1. The topological polar surface area (TPSA) is 146 Å². The van der Waals surface area contributed by atoms with Crippen LogP contribution in [0.2, 0.25) is 0 Å². The van der Waals surface area contributed by atoms with Crippen LogP contribution in [0.15, 0.2) is 78.9 Å². The molecule has 0 saturated carbocycles. The average molecular weight is 487 g/mol. The third kappa shape index (κ3) is 4.90. The number of hydrogen-bond acceptors (Lipinski definition) is 5. The summed E-state index contributed by atoms with van der Waals surface area (Å²) >= 11 is 0. The maximum absolute atomic E-state index is 14.1. The number of hydrogen-bond donors (Lipinski definition) is 4. The highest BCUT2D eigenvalue weighted by Crippen LogP contribution is 2.41. The highest BCUT2D eigenvalue weighted by atomic mass is 16.5. The van der Waals surface area contributed by atoms with Crippen molar-refractivity contribution in [1.29, 1.82) is 5.41 Å². The van der Waals surface area contributed by atoms with E-state index in [-0.39, 0.29) is 24.5 Å². The number of nitrogen functional groups attached to an aromatic ring is 1. The largest absolute Gasteiger partial charge is 0.481 e. The molecule has 0 aromatic heterocycles. The number of amidine groups is 1. The predicted molar refractivity (Wildman–Crippen MR) is 132 cm³/mol. The Labute approximate surface area is 208 Å². The smallest absolute Gasteiger partial charge is 0.310 e. The molecule has 2 atom stereocenters. The summed E-state index contributed by atoms with van der Waals surface area (Å²) in [6.07, 6.45) is -0.00142. The average Bonchev–Trinajstić information content (AvgIpc) is 2.96. The number of nitrogens with one attached hydrogen (secondary N) is 2. The summed E-state index contributed by atoms with van der Waals surface area (Å²) in [4.78, 5) is 39.0. The third-order valence-corrected chi connectivity index (χ3v) is 6.13. The molecule has 1 heterocycles. The van der Waals surface area contributed by atoms with Gasteiger partial charge in [0, 0.05) is 17.7 Å². The molecule has 0 saturated heterocycles. The number of amides is 2. The molecular weight excluding hydrogens is 460 g/mol. The minimum Gasteiger partial charge on any atom is -0.481 e. The van der Waals surface area contributed by atoms with E-state index in [1.165, 1.54) is 0 Å². The van der Waals surface area contributed by atoms with Crippen LogP contribution in [0.5, 0.6) is 5.75 Å². The molecule has 1 aliphatic rings. The fraction of sp³-hybridized carbons (Fsp3) is 0.185. The van der Waals surface area contributed by atoms with Crippen LogP contribution in [0.3, 0.4) is 0 Å². The predicted octanol–water partition coefficient (Wildman–Crippen LogP) is 2.44. The van der Waals surface area contributed by atoms with Crippen LogP contribution in [0, 0.1) is 5.41 Å². The molecule has 3 aromatic carbocycles. The number of para-hydroxylation sites is 1. The molecule has 5 N–H and O–H groups in total. The standard InChI is InChI=1S/C27H26N4O5/c28-25(29)20-12-10-19(11-13-20)24-21-8-4-5-9-22(21)36-27(30-17-32,16-23(33)34)26(35)31(24)15-14-18-6-2-1-3-7-18/h1-13,17,24H,14-16H2,(H3,28,29)(H,30,32)(H,33,34). The van der Waals surface area contributed by atoms with Crippen molar-refractivity contribution in [2.75, 3.05) is 6.54 Å². The Balaban J connectivity index is 1.88. The molecule has 2 amide bonds. The highest BCUT2D eigenvalue weighted by molar-refractivity contribution is 5.95. The summed E-state index contributed by atoms with van der Waals surface area (Å²) in [5.74, 6) is -1.78. The Morgan fingerprint density at radius 1 is 1.08 bits per heavy atom. The van der Waals surface area contributed by atoms with Crippen LogP contribution in [0.25, 0.3) is 0 Å². The molecule has 3 aromatic rings. The van der Waals surface area contributed by atoms with E-state index in [1.807, 2.05) is 30.3 Å². The first-order chi connectivity index (χ1) is 17.3. The summed E-state index contributed by atoms with van der Waals surface area (Å²) < 4.78 is 6.04. The van der Waals surface area contributed by atoms with Crippen molar-refractivity contribution < 1.29 is 24.2 Å². The first-order valence-corrected chi connectivity index (χ1v) is 11.3. The Bertz CT molecular complexity index is 1280. The van der Waals surface area contributed by atoms with E-state index >= 15 is 0 Å². The summed E-state index contributed by atoms with van der Waals surface area (Å²) in [7, 11) is 0. The van der Waals surface area contributed by atoms with Crippen molar-refractivity contribution >= 4 is 24.1 Å². The van der Waals surface area contributed by atoms with Crippen molar-refractivity contribution in [3.05, 3.63) is 101 Å². The van der Waals surface area contributed by atoms with Gasteiger partial charge in [-0.05, 0) is 23.6 Å². The van der Waals surface area contributed by atoms with Gasteiger partial charge in [-0.1, -0.05) is 72.8 Å². The molecule has 9 heteroatoms. The van der Waals surface area contributed by atoms with Gasteiger partial charge in [0.15, 0.2) is 0 Å². The van der Waals surface area contributed by atoms with Gasteiger partial charge in [0.05, 0.1) is 6.04 Å². The van der Waals surface area contributed by atoms with Crippen LogP contribution in [0.4, 0.5) is 0 Å². The highest BCUT2D eigenvalue weighted by Gasteiger charge is 2.50. The van der Waals surface area contributed by atoms with Crippen LogP contribution < -0.4 is 15.8 Å². The summed E-state index contributed by atoms with van der Waals surface area (Å²) in [5.41, 5.74) is 6.36. The summed E-state index contributed by atoms with van der Waals surface area (Å²) in [6, 6.07) is 22.8. The van der Waals surface area contributed by atoms with E-state index in [1.54, 1.807) is 53.4 Å². The van der Waals surface area contributed by atoms with Crippen LogP contribution in [-0.4, -0.2) is 46.4 Å². The molecule has 4 rings (SSSR count). The van der Waals surface area contributed by atoms with E-state index in [4.69, 9.17) is 15.9 Å². The zero-order valence-electron chi connectivity index (χ0n) is 19.4. The van der Waals surface area contributed by atoms with Crippen LogP contribution in [-0.2, 0) is 20.8 Å². The number of rotatable bonds is 9. The van der Waals surface area contributed by atoms with E-state index in [0.717, 1.165) is 11.1 Å².